The average Bonchev–Trinajstić information content (AvgIpc) is 3.08. The van der Waals surface area contributed by atoms with Crippen molar-refractivity contribution in [3.63, 3.8) is 0 Å². The number of aromatic nitrogens is 2. The molecular weight excluding hydrogens is 354 g/mol. The van der Waals surface area contributed by atoms with Crippen molar-refractivity contribution in [3.8, 4) is 11.3 Å². The molecule has 0 unspecified atom stereocenters. The van der Waals surface area contributed by atoms with Gasteiger partial charge in [0.1, 0.15) is 17.0 Å². The van der Waals surface area contributed by atoms with Gasteiger partial charge in [-0.15, -0.1) is 0 Å². The summed E-state index contributed by atoms with van der Waals surface area (Å²) in [5, 5.41) is 17.0. The smallest absolute Gasteiger partial charge is 0.257 e. The number of aryl methyl sites for hydroxylation is 1. The topological polar surface area (TPSA) is 88.3 Å². The van der Waals surface area contributed by atoms with Gasteiger partial charge in [-0.25, -0.2) is 0 Å². The summed E-state index contributed by atoms with van der Waals surface area (Å²) in [6.07, 6.45) is 3.46. The molecule has 144 valence electrons. The first-order valence-electron chi connectivity index (χ1n) is 9.52. The van der Waals surface area contributed by atoms with Gasteiger partial charge in [-0.1, -0.05) is 41.6 Å². The summed E-state index contributed by atoms with van der Waals surface area (Å²) in [6, 6.07) is 15.2. The van der Waals surface area contributed by atoms with Gasteiger partial charge in [0.15, 0.2) is 0 Å². The van der Waals surface area contributed by atoms with Crippen LogP contribution in [-0.4, -0.2) is 33.3 Å². The van der Waals surface area contributed by atoms with E-state index in [4.69, 9.17) is 4.52 Å². The molecule has 6 nitrogen and oxygen atoms in total. The van der Waals surface area contributed by atoms with Crippen molar-refractivity contribution in [1.29, 1.82) is 0 Å². The molecule has 6 heteroatoms. The lowest BCUT2D eigenvalue weighted by molar-refractivity contribution is 0.0237. The highest BCUT2D eigenvalue weighted by Crippen LogP contribution is 2.32. The van der Waals surface area contributed by atoms with Crippen LogP contribution >= 0.6 is 0 Å². The van der Waals surface area contributed by atoms with Gasteiger partial charge in [0.05, 0.1) is 6.10 Å². The summed E-state index contributed by atoms with van der Waals surface area (Å²) in [5.41, 5.74) is 2.75. The van der Waals surface area contributed by atoms with Gasteiger partial charge in [0, 0.05) is 29.9 Å². The number of rotatable bonds is 6. The minimum Gasteiger partial charge on any atom is -0.393 e. The minimum atomic E-state index is -0.287. The Labute approximate surface area is 163 Å². The van der Waals surface area contributed by atoms with Crippen molar-refractivity contribution < 1.29 is 14.4 Å². The predicted molar refractivity (Wildman–Crippen MR) is 105 cm³/mol. The average molecular weight is 377 g/mol. The third kappa shape index (κ3) is 3.82. The number of hydrogen-bond acceptors (Lipinski definition) is 5. The summed E-state index contributed by atoms with van der Waals surface area (Å²) in [4.78, 5) is 17.5. The van der Waals surface area contributed by atoms with Gasteiger partial charge >= 0.3 is 0 Å². The van der Waals surface area contributed by atoms with Crippen LogP contribution in [0.3, 0.4) is 0 Å². The van der Waals surface area contributed by atoms with Crippen LogP contribution in [0.4, 0.5) is 0 Å². The van der Waals surface area contributed by atoms with E-state index in [9.17, 15) is 9.90 Å². The summed E-state index contributed by atoms with van der Waals surface area (Å²) >= 11 is 0. The SMILES string of the molecule is Cc1onc(-c2ccccc2)c1C(=O)N[C@H](Cc1ccccn1)C1CC(O)C1. The van der Waals surface area contributed by atoms with E-state index in [0.717, 1.165) is 11.3 Å². The van der Waals surface area contributed by atoms with Gasteiger partial charge in [0.2, 0.25) is 0 Å². The first-order chi connectivity index (χ1) is 13.6. The Hall–Kier alpha value is -2.99. The van der Waals surface area contributed by atoms with E-state index in [1.165, 1.54) is 0 Å². The molecule has 1 aromatic carbocycles. The first kappa shape index (κ1) is 18.4. The van der Waals surface area contributed by atoms with E-state index >= 15 is 0 Å². The van der Waals surface area contributed by atoms with Gasteiger partial charge in [-0.3, -0.25) is 9.78 Å². The van der Waals surface area contributed by atoms with Crippen LogP contribution in [-0.2, 0) is 6.42 Å². The quantitative estimate of drug-likeness (QED) is 0.689. The molecule has 0 spiro atoms. The van der Waals surface area contributed by atoms with Crippen molar-refractivity contribution >= 4 is 5.91 Å². The second kappa shape index (κ2) is 7.94. The van der Waals surface area contributed by atoms with E-state index in [1.807, 2.05) is 48.5 Å². The van der Waals surface area contributed by atoms with E-state index < -0.39 is 0 Å². The number of carbonyl (C=O) groups excluding carboxylic acids is 1. The van der Waals surface area contributed by atoms with Crippen LogP contribution in [0.2, 0.25) is 0 Å². The number of aliphatic hydroxyl groups is 1. The van der Waals surface area contributed by atoms with E-state index in [-0.39, 0.29) is 24.0 Å². The normalized spacial score (nSPS) is 19.6. The number of aliphatic hydroxyl groups excluding tert-OH is 1. The zero-order valence-electron chi connectivity index (χ0n) is 15.7. The molecule has 1 saturated carbocycles. The largest absolute Gasteiger partial charge is 0.393 e. The Morgan fingerprint density at radius 3 is 2.64 bits per heavy atom. The molecule has 0 saturated heterocycles. The van der Waals surface area contributed by atoms with Crippen molar-refractivity contribution in [3.05, 3.63) is 71.7 Å². The number of nitrogens with one attached hydrogen (secondary N) is 1. The van der Waals surface area contributed by atoms with Gasteiger partial charge in [-0.05, 0) is 37.8 Å². The Bertz CT molecular complexity index is 934. The lowest BCUT2D eigenvalue weighted by Crippen LogP contribution is -2.48. The third-order valence-electron chi connectivity index (χ3n) is 5.33. The molecular formula is C22H23N3O3. The number of amides is 1. The van der Waals surface area contributed by atoms with Crippen LogP contribution in [0.5, 0.6) is 0 Å². The molecule has 1 atom stereocenters. The Kier molecular flexibility index (Phi) is 5.21. The number of hydrogen-bond donors (Lipinski definition) is 2. The van der Waals surface area contributed by atoms with Crippen molar-refractivity contribution in [2.75, 3.05) is 0 Å². The van der Waals surface area contributed by atoms with E-state index in [0.29, 0.717) is 36.3 Å². The fourth-order valence-corrected chi connectivity index (χ4v) is 3.71. The molecule has 2 aromatic heterocycles. The molecule has 1 amide bonds. The van der Waals surface area contributed by atoms with Gasteiger partial charge in [-0.2, -0.15) is 0 Å². The molecule has 0 bridgehead atoms. The lowest BCUT2D eigenvalue weighted by Gasteiger charge is -2.38. The molecule has 1 aliphatic carbocycles. The maximum Gasteiger partial charge on any atom is 0.257 e. The van der Waals surface area contributed by atoms with Crippen molar-refractivity contribution in [2.45, 2.75) is 38.3 Å². The molecule has 0 radical (unpaired) electrons. The lowest BCUT2D eigenvalue weighted by atomic mass is 9.75. The number of nitrogens with zero attached hydrogens (tertiary/aromatic N) is 2. The van der Waals surface area contributed by atoms with Crippen LogP contribution in [0, 0.1) is 12.8 Å². The minimum absolute atomic E-state index is 0.108. The monoisotopic (exact) mass is 377 g/mol. The zero-order chi connectivity index (χ0) is 19.5. The Morgan fingerprint density at radius 2 is 1.96 bits per heavy atom. The van der Waals surface area contributed by atoms with Crippen LogP contribution in [0.15, 0.2) is 59.3 Å². The standard InChI is InChI=1S/C22H23N3O3/c1-14-20(21(25-28-14)15-7-3-2-4-8-15)22(27)24-19(16-11-18(26)12-16)13-17-9-5-6-10-23-17/h2-10,16,18-19,26H,11-13H2,1H3,(H,24,27)/t16?,18?,19-/m1/s1. The second-order valence-corrected chi connectivity index (χ2v) is 7.32. The summed E-state index contributed by atoms with van der Waals surface area (Å²) in [5.74, 6) is 0.503. The number of pyridine rings is 1. The fraction of sp³-hybridized carbons (Fsp3) is 0.318. The summed E-state index contributed by atoms with van der Waals surface area (Å²) in [7, 11) is 0. The summed E-state index contributed by atoms with van der Waals surface area (Å²) < 4.78 is 5.33. The highest BCUT2D eigenvalue weighted by molar-refractivity contribution is 6.00. The van der Waals surface area contributed by atoms with Gasteiger partial charge < -0.3 is 14.9 Å². The molecule has 0 aliphatic heterocycles. The first-order valence-corrected chi connectivity index (χ1v) is 9.52. The highest BCUT2D eigenvalue weighted by atomic mass is 16.5. The number of carbonyl (C=O) groups is 1. The molecule has 3 aromatic rings. The summed E-state index contributed by atoms with van der Waals surface area (Å²) in [6.45, 7) is 1.75. The Balaban J connectivity index is 1.57. The van der Waals surface area contributed by atoms with Crippen LogP contribution < -0.4 is 5.32 Å². The maximum atomic E-state index is 13.2. The number of benzene rings is 1. The molecule has 1 fully saturated rings. The van der Waals surface area contributed by atoms with Crippen molar-refractivity contribution in [2.24, 2.45) is 5.92 Å². The van der Waals surface area contributed by atoms with Crippen molar-refractivity contribution in [1.82, 2.24) is 15.5 Å². The third-order valence-corrected chi connectivity index (χ3v) is 5.33. The maximum absolute atomic E-state index is 13.2. The predicted octanol–water partition coefficient (Wildman–Crippen LogP) is 3.16. The Morgan fingerprint density at radius 1 is 1.21 bits per heavy atom. The van der Waals surface area contributed by atoms with Crippen LogP contribution in [0.25, 0.3) is 11.3 Å². The zero-order valence-corrected chi connectivity index (χ0v) is 15.7. The molecule has 2 N–H and O–H groups in total. The molecule has 4 rings (SSSR count). The highest BCUT2D eigenvalue weighted by Gasteiger charge is 2.36. The van der Waals surface area contributed by atoms with E-state index in [2.05, 4.69) is 15.5 Å². The molecule has 1 aliphatic rings. The molecule has 28 heavy (non-hydrogen) atoms. The van der Waals surface area contributed by atoms with Crippen LogP contribution in [0.1, 0.15) is 34.7 Å². The second-order valence-electron chi connectivity index (χ2n) is 7.32. The van der Waals surface area contributed by atoms with Gasteiger partial charge in [0.25, 0.3) is 5.91 Å². The fourth-order valence-electron chi connectivity index (χ4n) is 3.71. The van der Waals surface area contributed by atoms with E-state index in [1.54, 1.807) is 13.1 Å². The molecule has 2 heterocycles.